The fourth-order valence-electron chi connectivity index (χ4n) is 0.484. The van der Waals surface area contributed by atoms with Gasteiger partial charge in [-0.2, -0.15) is 18.4 Å². The topological polar surface area (TPSA) is 70.0 Å². The largest absolute Gasteiger partial charge is 0.390 e. The van der Waals surface area contributed by atoms with Gasteiger partial charge in [0.1, 0.15) is 0 Å². The van der Waals surface area contributed by atoms with Gasteiger partial charge in [-0.05, 0) is 0 Å². The summed E-state index contributed by atoms with van der Waals surface area (Å²) in [6.45, 7) is -0.729. The van der Waals surface area contributed by atoms with Gasteiger partial charge in [-0.1, -0.05) is 0 Å². The van der Waals surface area contributed by atoms with Gasteiger partial charge in [0.05, 0.1) is 12.5 Å². The van der Waals surface area contributed by atoms with Crippen molar-refractivity contribution in [2.75, 3.05) is 12.3 Å². The SMILES string of the molecule is N#CCS(=O)(=O)NCCC(F)(F)F. The fourth-order valence-corrected chi connectivity index (χ4v) is 1.17. The highest BCUT2D eigenvalue weighted by Gasteiger charge is 2.27. The molecule has 4 nitrogen and oxygen atoms in total. The van der Waals surface area contributed by atoms with Crippen LogP contribution >= 0.6 is 0 Å². The lowest BCUT2D eigenvalue weighted by molar-refractivity contribution is -0.132. The Morgan fingerprint density at radius 1 is 1.38 bits per heavy atom. The molecule has 0 saturated carbocycles. The molecule has 0 aliphatic carbocycles. The number of hydrogen-bond acceptors (Lipinski definition) is 3. The number of alkyl halides is 3. The number of nitriles is 1. The van der Waals surface area contributed by atoms with Crippen molar-refractivity contribution >= 4 is 10.0 Å². The van der Waals surface area contributed by atoms with Crippen LogP contribution in [-0.2, 0) is 10.0 Å². The Kier molecular flexibility index (Phi) is 4.16. The first-order valence-electron chi connectivity index (χ1n) is 3.18. The molecule has 0 aromatic rings. The first-order valence-corrected chi connectivity index (χ1v) is 4.83. The molecule has 0 spiro atoms. The third-order valence-corrected chi connectivity index (χ3v) is 2.14. The number of rotatable bonds is 4. The lowest BCUT2D eigenvalue weighted by atomic mass is 10.4. The molecule has 0 aliphatic heterocycles. The molecule has 0 bridgehead atoms. The second-order valence-electron chi connectivity index (χ2n) is 2.18. The van der Waals surface area contributed by atoms with Crippen LogP contribution in [0.2, 0.25) is 0 Å². The van der Waals surface area contributed by atoms with E-state index >= 15 is 0 Å². The standard InChI is InChI=1S/C5H7F3N2O2S/c6-5(7,8)1-3-10-13(11,12)4-2-9/h10H,1,3-4H2. The van der Waals surface area contributed by atoms with E-state index in [1.165, 1.54) is 6.07 Å². The molecular formula is C5H7F3N2O2S. The highest BCUT2D eigenvalue weighted by Crippen LogP contribution is 2.18. The Bertz CT molecular complexity index is 290. The summed E-state index contributed by atoms with van der Waals surface area (Å²) in [5.74, 6) is -0.829. The summed E-state index contributed by atoms with van der Waals surface area (Å²) in [6.07, 6.45) is -5.63. The van der Waals surface area contributed by atoms with E-state index in [1.807, 2.05) is 0 Å². The second kappa shape index (κ2) is 4.43. The van der Waals surface area contributed by atoms with Crippen molar-refractivity contribution in [1.29, 1.82) is 5.26 Å². The highest BCUT2D eigenvalue weighted by atomic mass is 32.2. The highest BCUT2D eigenvalue weighted by molar-refractivity contribution is 7.89. The van der Waals surface area contributed by atoms with Crippen LogP contribution in [0.3, 0.4) is 0 Å². The van der Waals surface area contributed by atoms with Gasteiger partial charge in [0.15, 0.2) is 5.75 Å². The van der Waals surface area contributed by atoms with Crippen molar-refractivity contribution in [2.45, 2.75) is 12.6 Å². The van der Waals surface area contributed by atoms with Crippen molar-refractivity contribution < 1.29 is 21.6 Å². The summed E-state index contributed by atoms with van der Waals surface area (Å²) in [5, 5.41) is 7.97. The van der Waals surface area contributed by atoms with E-state index in [9.17, 15) is 21.6 Å². The Morgan fingerprint density at radius 2 is 1.92 bits per heavy atom. The zero-order chi connectivity index (χ0) is 10.5. The van der Waals surface area contributed by atoms with E-state index in [4.69, 9.17) is 5.26 Å². The van der Waals surface area contributed by atoms with Crippen LogP contribution in [0.15, 0.2) is 0 Å². The molecule has 0 fully saturated rings. The third kappa shape index (κ3) is 7.55. The summed E-state index contributed by atoms with van der Waals surface area (Å²) >= 11 is 0. The van der Waals surface area contributed by atoms with Crippen molar-refractivity contribution in [3.8, 4) is 6.07 Å². The first kappa shape index (κ1) is 12.2. The van der Waals surface area contributed by atoms with E-state index in [0.717, 1.165) is 0 Å². The molecule has 76 valence electrons. The molecular weight excluding hydrogens is 209 g/mol. The van der Waals surface area contributed by atoms with Crippen molar-refractivity contribution in [3.05, 3.63) is 0 Å². The third-order valence-electron chi connectivity index (χ3n) is 0.985. The zero-order valence-corrected chi connectivity index (χ0v) is 7.24. The molecule has 0 heterocycles. The molecule has 8 heteroatoms. The maximum Gasteiger partial charge on any atom is 0.390 e. The van der Waals surface area contributed by atoms with E-state index < -0.39 is 34.9 Å². The number of halogens is 3. The van der Waals surface area contributed by atoms with Gasteiger partial charge >= 0.3 is 6.18 Å². The van der Waals surface area contributed by atoms with Crippen LogP contribution in [0.25, 0.3) is 0 Å². The van der Waals surface area contributed by atoms with Crippen molar-refractivity contribution in [2.24, 2.45) is 0 Å². The molecule has 1 N–H and O–H groups in total. The molecule has 0 amide bonds. The van der Waals surface area contributed by atoms with Crippen molar-refractivity contribution in [3.63, 3.8) is 0 Å². The number of nitrogens with zero attached hydrogens (tertiary/aromatic N) is 1. The van der Waals surface area contributed by atoms with Gasteiger partial charge in [-0.3, -0.25) is 0 Å². The average molecular weight is 216 g/mol. The molecule has 0 aromatic heterocycles. The maximum absolute atomic E-state index is 11.5. The molecule has 0 unspecified atom stereocenters. The van der Waals surface area contributed by atoms with Crippen LogP contribution < -0.4 is 4.72 Å². The minimum atomic E-state index is -4.39. The first-order chi connectivity index (χ1) is 5.77. The molecule has 0 aromatic carbocycles. The minimum absolute atomic E-state index is 0.729. The fraction of sp³-hybridized carbons (Fsp3) is 0.800. The van der Waals surface area contributed by atoms with Crippen LogP contribution in [0, 0.1) is 11.3 Å². The van der Waals surface area contributed by atoms with E-state index in [0.29, 0.717) is 0 Å². The zero-order valence-electron chi connectivity index (χ0n) is 6.43. The predicted molar refractivity (Wildman–Crippen MR) is 38.1 cm³/mol. The Balaban J connectivity index is 3.86. The van der Waals surface area contributed by atoms with E-state index in [2.05, 4.69) is 0 Å². The summed E-state index contributed by atoms with van der Waals surface area (Å²) in [4.78, 5) is 0. The number of sulfonamides is 1. The molecule has 0 saturated heterocycles. The van der Waals surface area contributed by atoms with Gasteiger partial charge in [0.2, 0.25) is 10.0 Å². The molecule has 0 rings (SSSR count). The normalized spacial score (nSPS) is 12.5. The minimum Gasteiger partial charge on any atom is -0.214 e. The monoisotopic (exact) mass is 216 g/mol. The Labute approximate surface area is 73.4 Å². The van der Waals surface area contributed by atoms with Gasteiger partial charge in [-0.25, -0.2) is 13.1 Å². The summed E-state index contributed by atoms with van der Waals surface area (Å²) in [6, 6.07) is 1.32. The van der Waals surface area contributed by atoms with Crippen LogP contribution in [0.4, 0.5) is 13.2 Å². The van der Waals surface area contributed by atoms with Crippen molar-refractivity contribution in [1.82, 2.24) is 4.72 Å². The molecule has 0 atom stereocenters. The summed E-state index contributed by atoms with van der Waals surface area (Å²) in [5.41, 5.74) is 0. The van der Waals surface area contributed by atoms with Crippen LogP contribution in [-0.4, -0.2) is 26.9 Å². The lowest BCUT2D eigenvalue weighted by Gasteiger charge is -2.06. The van der Waals surface area contributed by atoms with E-state index in [1.54, 1.807) is 4.72 Å². The maximum atomic E-state index is 11.5. The van der Waals surface area contributed by atoms with Gasteiger partial charge < -0.3 is 0 Å². The summed E-state index contributed by atoms with van der Waals surface area (Å²) < 4.78 is 57.4. The summed E-state index contributed by atoms with van der Waals surface area (Å²) in [7, 11) is -3.87. The lowest BCUT2D eigenvalue weighted by Crippen LogP contribution is -2.29. The second-order valence-corrected chi connectivity index (χ2v) is 3.98. The van der Waals surface area contributed by atoms with E-state index in [-0.39, 0.29) is 0 Å². The smallest absolute Gasteiger partial charge is 0.214 e. The Hall–Kier alpha value is -0.810. The van der Waals surface area contributed by atoms with Crippen LogP contribution in [0.1, 0.15) is 6.42 Å². The molecule has 13 heavy (non-hydrogen) atoms. The average Bonchev–Trinajstić information content (AvgIpc) is 1.82. The van der Waals surface area contributed by atoms with Gasteiger partial charge in [0, 0.05) is 6.54 Å². The van der Waals surface area contributed by atoms with Gasteiger partial charge in [-0.15, -0.1) is 0 Å². The molecule has 0 aliphatic rings. The molecule has 0 radical (unpaired) electrons. The van der Waals surface area contributed by atoms with Crippen LogP contribution in [0.5, 0.6) is 0 Å². The van der Waals surface area contributed by atoms with Gasteiger partial charge in [0.25, 0.3) is 0 Å². The number of nitrogens with one attached hydrogen (secondary N) is 1. The predicted octanol–water partition coefficient (Wildman–Crippen LogP) is 0.382. The number of hydrogen-bond donors (Lipinski definition) is 1. The quantitative estimate of drug-likeness (QED) is 0.738. The Morgan fingerprint density at radius 3 is 2.31 bits per heavy atom.